The third-order valence-electron chi connectivity index (χ3n) is 1.89. The first kappa shape index (κ1) is 12.9. The number of rotatable bonds is 3. The van der Waals surface area contributed by atoms with Crippen LogP contribution in [0, 0.1) is 5.92 Å². The molecule has 0 aromatic heterocycles. The summed E-state index contributed by atoms with van der Waals surface area (Å²) in [7, 11) is 0. The molecular formula is C8H14BrClN2O. The van der Waals surface area contributed by atoms with Crippen molar-refractivity contribution < 1.29 is 4.79 Å². The van der Waals surface area contributed by atoms with Crippen molar-refractivity contribution in [3.8, 4) is 0 Å². The fraction of sp³-hybridized carbons (Fsp3) is 0.625. The molecule has 1 amide bonds. The minimum atomic E-state index is 0. The monoisotopic (exact) mass is 268 g/mol. The fourth-order valence-corrected chi connectivity index (χ4v) is 1.35. The van der Waals surface area contributed by atoms with Gasteiger partial charge in [-0.15, -0.1) is 12.4 Å². The van der Waals surface area contributed by atoms with Crippen molar-refractivity contribution in [2.75, 3.05) is 19.6 Å². The molecule has 0 radical (unpaired) electrons. The van der Waals surface area contributed by atoms with Crippen LogP contribution in [0.25, 0.3) is 0 Å². The summed E-state index contributed by atoms with van der Waals surface area (Å²) >= 11 is 3.19. The summed E-state index contributed by atoms with van der Waals surface area (Å²) in [5.41, 5.74) is 0. The molecule has 5 heteroatoms. The third-order valence-corrected chi connectivity index (χ3v) is 2.17. The molecule has 2 N–H and O–H groups in total. The molecule has 0 spiro atoms. The van der Waals surface area contributed by atoms with Crippen molar-refractivity contribution in [2.45, 2.75) is 6.42 Å². The van der Waals surface area contributed by atoms with E-state index >= 15 is 0 Å². The van der Waals surface area contributed by atoms with E-state index in [1.807, 2.05) is 0 Å². The van der Waals surface area contributed by atoms with Gasteiger partial charge in [0.05, 0.1) is 5.92 Å². The Morgan fingerprint density at radius 2 is 2.38 bits per heavy atom. The van der Waals surface area contributed by atoms with Crippen LogP contribution in [-0.2, 0) is 4.79 Å². The Balaban J connectivity index is 0.00000144. The Kier molecular flexibility index (Phi) is 6.37. The highest BCUT2D eigenvalue weighted by Crippen LogP contribution is 2.07. The van der Waals surface area contributed by atoms with Crippen LogP contribution in [-0.4, -0.2) is 25.5 Å². The average Bonchev–Trinajstić information content (AvgIpc) is 2.51. The summed E-state index contributed by atoms with van der Waals surface area (Å²) in [5, 5.41) is 5.94. The fourth-order valence-electron chi connectivity index (χ4n) is 1.21. The first-order valence-corrected chi connectivity index (χ1v) is 4.81. The molecule has 0 bridgehead atoms. The van der Waals surface area contributed by atoms with Crippen LogP contribution in [0.5, 0.6) is 0 Å². The maximum Gasteiger partial charge on any atom is 0.224 e. The molecule has 1 fully saturated rings. The van der Waals surface area contributed by atoms with Gasteiger partial charge in [0.2, 0.25) is 5.91 Å². The van der Waals surface area contributed by atoms with Gasteiger partial charge in [-0.3, -0.25) is 4.79 Å². The summed E-state index contributed by atoms with van der Waals surface area (Å²) in [4.78, 5) is 11.3. The summed E-state index contributed by atoms with van der Waals surface area (Å²) in [6, 6.07) is 0. The van der Waals surface area contributed by atoms with Gasteiger partial charge < -0.3 is 10.6 Å². The van der Waals surface area contributed by atoms with E-state index in [0.717, 1.165) is 24.0 Å². The van der Waals surface area contributed by atoms with Crippen molar-refractivity contribution >= 4 is 34.2 Å². The number of amides is 1. The topological polar surface area (TPSA) is 41.1 Å². The molecule has 1 heterocycles. The smallest absolute Gasteiger partial charge is 0.224 e. The lowest BCUT2D eigenvalue weighted by Gasteiger charge is -2.08. The molecule has 1 aliphatic rings. The second-order valence-electron chi connectivity index (χ2n) is 2.92. The average molecular weight is 270 g/mol. The van der Waals surface area contributed by atoms with Crippen molar-refractivity contribution in [1.29, 1.82) is 0 Å². The predicted molar refractivity (Wildman–Crippen MR) is 59.3 cm³/mol. The molecule has 0 unspecified atom stereocenters. The largest absolute Gasteiger partial charge is 0.351 e. The minimum absolute atomic E-state index is 0. The maximum atomic E-state index is 11.3. The SMILES string of the molecule is C=C(Br)CNC(=O)[C@@H]1CCNC1.Cl. The molecule has 1 aliphatic heterocycles. The molecule has 0 aromatic rings. The molecule has 76 valence electrons. The second-order valence-corrected chi connectivity index (χ2v) is 4.05. The standard InChI is InChI=1S/C8H13BrN2O.ClH/c1-6(9)4-11-8(12)7-2-3-10-5-7;/h7,10H,1-5H2,(H,11,12);1H/t7-;/m1./s1. The Morgan fingerprint density at radius 1 is 1.69 bits per heavy atom. The van der Waals surface area contributed by atoms with Crippen LogP contribution >= 0.6 is 28.3 Å². The van der Waals surface area contributed by atoms with Crippen LogP contribution in [0.1, 0.15) is 6.42 Å². The first-order valence-electron chi connectivity index (χ1n) is 4.02. The molecule has 0 saturated carbocycles. The Bertz CT molecular complexity index is 193. The van der Waals surface area contributed by atoms with Gasteiger partial charge in [0, 0.05) is 17.6 Å². The third kappa shape index (κ3) is 4.64. The molecule has 0 aliphatic carbocycles. The Hall–Kier alpha value is -0.0600. The number of hydrogen-bond donors (Lipinski definition) is 2. The van der Waals surface area contributed by atoms with E-state index in [4.69, 9.17) is 0 Å². The van der Waals surface area contributed by atoms with Crippen molar-refractivity contribution in [3.63, 3.8) is 0 Å². The van der Waals surface area contributed by atoms with E-state index in [0.29, 0.717) is 6.54 Å². The number of halogens is 2. The molecule has 0 aromatic carbocycles. The van der Waals surface area contributed by atoms with Gasteiger partial charge in [0.1, 0.15) is 0 Å². The van der Waals surface area contributed by atoms with E-state index in [1.54, 1.807) is 0 Å². The number of hydrogen-bond acceptors (Lipinski definition) is 2. The highest BCUT2D eigenvalue weighted by Gasteiger charge is 2.21. The van der Waals surface area contributed by atoms with E-state index in [2.05, 4.69) is 33.1 Å². The van der Waals surface area contributed by atoms with Gasteiger partial charge >= 0.3 is 0 Å². The molecule has 1 rings (SSSR count). The van der Waals surface area contributed by atoms with Crippen LogP contribution in [0.15, 0.2) is 11.1 Å². The lowest BCUT2D eigenvalue weighted by Crippen LogP contribution is -2.32. The predicted octanol–water partition coefficient (Wildman–Crippen LogP) is 1.04. The van der Waals surface area contributed by atoms with E-state index in [-0.39, 0.29) is 24.2 Å². The van der Waals surface area contributed by atoms with Gasteiger partial charge in [-0.1, -0.05) is 22.5 Å². The quantitative estimate of drug-likeness (QED) is 0.804. The van der Waals surface area contributed by atoms with E-state index in [9.17, 15) is 4.79 Å². The summed E-state index contributed by atoms with van der Waals surface area (Å²) in [6.07, 6.45) is 0.945. The second kappa shape index (κ2) is 6.40. The molecule has 3 nitrogen and oxygen atoms in total. The lowest BCUT2D eigenvalue weighted by molar-refractivity contribution is -0.124. The summed E-state index contributed by atoms with van der Waals surface area (Å²) in [6.45, 7) is 5.92. The van der Waals surface area contributed by atoms with Gasteiger partial charge in [-0.05, 0) is 13.0 Å². The normalized spacial score (nSPS) is 20.5. The summed E-state index contributed by atoms with van der Waals surface area (Å²) < 4.78 is 0.807. The van der Waals surface area contributed by atoms with Crippen LogP contribution in [0.2, 0.25) is 0 Å². The van der Waals surface area contributed by atoms with Gasteiger partial charge in [0.25, 0.3) is 0 Å². The zero-order valence-corrected chi connectivity index (χ0v) is 9.71. The van der Waals surface area contributed by atoms with Crippen LogP contribution in [0.3, 0.4) is 0 Å². The Labute approximate surface area is 92.9 Å². The highest BCUT2D eigenvalue weighted by atomic mass is 79.9. The number of nitrogens with one attached hydrogen (secondary N) is 2. The molecule has 13 heavy (non-hydrogen) atoms. The number of carbonyl (C=O) groups excluding carboxylic acids is 1. The van der Waals surface area contributed by atoms with Gasteiger partial charge in [-0.2, -0.15) is 0 Å². The highest BCUT2D eigenvalue weighted by molar-refractivity contribution is 9.11. The van der Waals surface area contributed by atoms with E-state index in [1.165, 1.54) is 0 Å². The van der Waals surface area contributed by atoms with Crippen molar-refractivity contribution in [1.82, 2.24) is 10.6 Å². The molecule has 1 atom stereocenters. The zero-order valence-electron chi connectivity index (χ0n) is 7.31. The number of carbonyl (C=O) groups is 1. The van der Waals surface area contributed by atoms with Crippen LogP contribution in [0.4, 0.5) is 0 Å². The van der Waals surface area contributed by atoms with E-state index < -0.39 is 0 Å². The van der Waals surface area contributed by atoms with Gasteiger partial charge in [-0.25, -0.2) is 0 Å². The molecular weight excluding hydrogens is 255 g/mol. The van der Waals surface area contributed by atoms with Crippen molar-refractivity contribution in [3.05, 3.63) is 11.1 Å². The summed E-state index contributed by atoms with van der Waals surface area (Å²) in [5.74, 6) is 0.275. The maximum absolute atomic E-state index is 11.3. The Morgan fingerprint density at radius 3 is 2.85 bits per heavy atom. The minimum Gasteiger partial charge on any atom is -0.351 e. The molecule has 1 saturated heterocycles. The lowest BCUT2D eigenvalue weighted by atomic mass is 10.1. The van der Waals surface area contributed by atoms with Gasteiger partial charge in [0.15, 0.2) is 0 Å². The van der Waals surface area contributed by atoms with Crippen molar-refractivity contribution in [2.24, 2.45) is 5.92 Å². The van der Waals surface area contributed by atoms with Crippen LogP contribution < -0.4 is 10.6 Å². The first-order chi connectivity index (χ1) is 5.70. The zero-order chi connectivity index (χ0) is 8.97.